The van der Waals surface area contributed by atoms with E-state index in [1.165, 1.54) is 0 Å². The van der Waals surface area contributed by atoms with Gasteiger partial charge in [-0.25, -0.2) is 4.98 Å². The minimum Gasteiger partial charge on any atom is -0.366 e. The second kappa shape index (κ2) is 5.54. The average Bonchev–Trinajstić information content (AvgIpc) is 2.53. The van der Waals surface area contributed by atoms with E-state index in [9.17, 15) is 4.79 Å². The van der Waals surface area contributed by atoms with Crippen molar-refractivity contribution >= 4 is 28.5 Å². The molecule has 0 unspecified atom stereocenters. The van der Waals surface area contributed by atoms with Crippen LogP contribution in [-0.4, -0.2) is 15.9 Å². The number of hydrogen-bond donors (Lipinski definition) is 1. The van der Waals surface area contributed by atoms with Gasteiger partial charge in [0.05, 0.1) is 16.8 Å². The minimum absolute atomic E-state index is 0.389. The summed E-state index contributed by atoms with van der Waals surface area (Å²) in [4.78, 5) is 20.3. The van der Waals surface area contributed by atoms with E-state index in [1.54, 1.807) is 30.6 Å². The molecule has 0 radical (unpaired) electrons. The first-order valence-corrected chi connectivity index (χ1v) is 6.52. The van der Waals surface area contributed by atoms with Crippen LogP contribution >= 0.6 is 0 Å². The molecule has 0 saturated heterocycles. The zero-order valence-electron chi connectivity index (χ0n) is 11.2. The zero-order valence-corrected chi connectivity index (χ0v) is 11.2. The maximum Gasteiger partial charge on any atom is 0.250 e. The quantitative estimate of drug-likeness (QED) is 0.747. The van der Waals surface area contributed by atoms with Gasteiger partial charge in [0.2, 0.25) is 0 Å². The average molecular weight is 275 g/mol. The van der Waals surface area contributed by atoms with Crippen LogP contribution in [0.3, 0.4) is 0 Å². The lowest BCUT2D eigenvalue weighted by atomic mass is 10.1. The first-order chi connectivity index (χ1) is 10.2. The summed E-state index contributed by atoms with van der Waals surface area (Å²) in [5.41, 5.74) is 8.14. The van der Waals surface area contributed by atoms with E-state index in [2.05, 4.69) is 9.97 Å². The normalized spacial score (nSPS) is 11.5. The topological polar surface area (TPSA) is 68.9 Å². The van der Waals surface area contributed by atoms with Gasteiger partial charge in [-0.15, -0.1) is 0 Å². The molecule has 2 heterocycles. The predicted molar refractivity (Wildman–Crippen MR) is 83.0 cm³/mol. The summed E-state index contributed by atoms with van der Waals surface area (Å²) in [6, 6.07) is 15.0. The van der Waals surface area contributed by atoms with Crippen molar-refractivity contribution in [2.24, 2.45) is 5.73 Å². The van der Waals surface area contributed by atoms with Gasteiger partial charge >= 0.3 is 0 Å². The summed E-state index contributed by atoms with van der Waals surface area (Å²) in [7, 11) is 0. The lowest BCUT2D eigenvalue weighted by Gasteiger charge is -2.05. The van der Waals surface area contributed by atoms with Crippen molar-refractivity contribution in [3.8, 4) is 0 Å². The largest absolute Gasteiger partial charge is 0.366 e. The van der Waals surface area contributed by atoms with Crippen molar-refractivity contribution in [1.29, 1.82) is 0 Å². The number of rotatable bonds is 3. The zero-order chi connectivity index (χ0) is 14.7. The van der Waals surface area contributed by atoms with Crippen molar-refractivity contribution < 1.29 is 4.79 Å². The van der Waals surface area contributed by atoms with Crippen molar-refractivity contribution in [2.45, 2.75) is 0 Å². The minimum atomic E-state index is -0.500. The summed E-state index contributed by atoms with van der Waals surface area (Å²) in [6.45, 7) is 0. The Labute approximate surface area is 122 Å². The molecule has 4 nitrogen and oxygen atoms in total. The summed E-state index contributed by atoms with van der Waals surface area (Å²) < 4.78 is 0. The van der Waals surface area contributed by atoms with Crippen LogP contribution in [0.1, 0.15) is 11.3 Å². The van der Waals surface area contributed by atoms with Gasteiger partial charge in [0.25, 0.3) is 5.91 Å². The van der Waals surface area contributed by atoms with Crippen LogP contribution < -0.4 is 5.73 Å². The van der Waals surface area contributed by atoms with E-state index in [1.807, 2.05) is 36.4 Å². The Hall–Kier alpha value is -3.01. The molecule has 2 N–H and O–H groups in total. The molecule has 0 atom stereocenters. The number of nitrogens with zero attached hydrogens (tertiary/aromatic N) is 2. The van der Waals surface area contributed by atoms with E-state index in [0.29, 0.717) is 11.3 Å². The number of aromatic nitrogens is 2. The highest BCUT2D eigenvalue weighted by molar-refractivity contribution is 6.23. The smallest absolute Gasteiger partial charge is 0.250 e. The van der Waals surface area contributed by atoms with Crippen molar-refractivity contribution in [3.05, 3.63) is 72.2 Å². The summed E-state index contributed by atoms with van der Waals surface area (Å²) in [5, 5.41) is 0.921. The molecule has 0 aliphatic rings. The molecule has 1 aromatic carbocycles. The molecule has 4 heteroatoms. The molecule has 0 fully saturated rings. The second-order valence-electron chi connectivity index (χ2n) is 4.60. The van der Waals surface area contributed by atoms with E-state index in [0.717, 1.165) is 16.5 Å². The second-order valence-corrected chi connectivity index (χ2v) is 4.60. The van der Waals surface area contributed by atoms with Gasteiger partial charge in [-0.05, 0) is 29.8 Å². The van der Waals surface area contributed by atoms with Gasteiger partial charge in [0, 0.05) is 17.8 Å². The molecule has 1 amide bonds. The number of carbonyl (C=O) groups is 1. The number of primary amides is 1. The highest BCUT2D eigenvalue weighted by Gasteiger charge is 2.10. The van der Waals surface area contributed by atoms with Crippen LogP contribution in [0.2, 0.25) is 0 Å². The molecule has 0 bridgehead atoms. The lowest BCUT2D eigenvalue weighted by molar-refractivity contribution is -0.112. The van der Waals surface area contributed by atoms with E-state index in [4.69, 9.17) is 5.73 Å². The Kier molecular flexibility index (Phi) is 3.43. The third-order valence-corrected chi connectivity index (χ3v) is 3.14. The molecule has 3 aromatic rings. The van der Waals surface area contributed by atoms with E-state index < -0.39 is 5.91 Å². The van der Waals surface area contributed by atoms with Gasteiger partial charge in [-0.1, -0.05) is 30.3 Å². The van der Waals surface area contributed by atoms with Crippen LogP contribution in [0.5, 0.6) is 0 Å². The summed E-state index contributed by atoms with van der Waals surface area (Å²) >= 11 is 0. The monoisotopic (exact) mass is 275 g/mol. The maximum absolute atomic E-state index is 11.7. The number of fused-ring (bicyclic) bond motifs is 1. The number of carbonyl (C=O) groups excluding carboxylic acids is 1. The van der Waals surface area contributed by atoms with Crippen LogP contribution in [0.15, 0.2) is 60.9 Å². The fourth-order valence-corrected chi connectivity index (χ4v) is 2.10. The summed E-state index contributed by atoms with van der Waals surface area (Å²) in [5.74, 6) is -0.500. The highest BCUT2D eigenvalue weighted by Crippen LogP contribution is 2.19. The molecule has 0 aliphatic heterocycles. The molecular weight excluding hydrogens is 262 g/mol. The number of benzene rings is 1. The number of amides is 1. The molecule has 0 aliphatic carbocycles. The van der Waals surface area contributed by atoms with Crippen molar-refractivity contribution in [2.75, 3.05) is 0 Å². The molecule has 0 saturated carbocycles. The van der Waals surface area contributed by atoms with Crippen molar-refractivity contribution in [1.82, 2.24) is 9.97 Å². The first kappa shape index (κ1) is 13.0. The van der Waals surface area contributed by atoms with Gasteiger partial charge in [-0.3, -0.25) is 9.78 Å². The fraction of sp³-hybridized carbons (Fsp3) is 0. The highest BCUT2D eigenvalue weighted by atomic mass is 16.1. The molecule has 3 rings (SSSR count). The Bertz CT molecular complexity index is 826. The van der Waals surface area contributed by atoms with Gasteiger partial charge in [0.15, 0.2) is 0 Å². The number of pyridine rings is 2. The van der Waals surface area contributed by atoms with Crippen molar-refractivity contribution in [3.63, 3.8) is 0 Å². The van der Waals surface area contributed by atoms with E-state index in [-0.39, 0.29) is 0 Å². The third-order valence-electron chi connectivity index (χ3n) is 3.14. The molecular formula is C17H13N3O. The Morgan fingerprint density at radius 2 is 1.86 bits per heavy atom. The fourth-order valence-electron chi connectivity index (χ4n) is 2.10. The van der Waals surface area contributed by atoms with Gasteiger partial charge in [-0.2, -0.15) is 0 Å². The van der Waals surface area contributed by atoms with Crippen LogP contribution in [0, 0.1) is 0 Å². The van der Waals surface area contributed by atoms with Gasteiger partial charge in [0.1, 0.15) is 0 Å². The Morgan fingerprint density at radius 1 is 1.05 bits per heavy atom. The first-order valence-electron chi connectivity index (χ1n) is 6.52. The molecule has 102 valence electrons. The van der Waals surface area contributed by atoms with Crippen LogP contribution in [-0.2, 0) is 4.79 Å². The van der Waals surface area contributed by atoms with Crippen LogP contribution in [0.25, 0.3) is 22.6 Å². The molecule has 21 heavy (non-hydrogen) atoms. The SMILES string of the molecule is NC(=O)/C(=C\c1ccccc1)c1ccc2cnccc2n1. The summed E-state index contributed by atoms with van der Waals surface area (Å²) in [6.07, 6.45) is 5.15. The standard InChI is InChI=1S/C17H13N3O/c18-17(21)14(10-12-4-2-1-3-5-12)16-7-6-13-11-19-9-8-15(13)20-16/h1-11H,(H2,18,21)/b14-10-. The lowest BCUT2D eigenvalue weighted by Crippen LogP contribution is -2.13. The molecule has 0 spiro atoms. The maximum atomic E-state index is 11.7. The third kappa shape index (κ3) is 2.79. The number of nitrogens with two attached hydrogens (primary N) is 1. The van der Waals surface area contributed by atoms with E-state index >= 15 is 0 Å². The predicted octanol–water partition coefficient (Wildman–Crippen LogP) is 2.66. The van der Waals surface area contributed by atoms with Crippen LogP contribution in [0.4, 0.5) is 0 Å². The Balaban J connectivity index is 2.11. The van der Waals surface area contributed by atoms with Gasteiger partial charge < -0.3 is 5.73 Å². The Morgan fingerprint density at radius 3 is 2.62 bits per heavy atom. The molecule has 2 aromatic heterocycles. The number of hydrogen-bond acceptors (Lipinski definition) is 3.